The number of benzene rings is 1. The van der Waals surface area contributed by atoms with E-state index in [9.17, 15) is 9.59 Å². The molecule has 7 heteroatoms. The number of nitrogens with zero attached hydrogens (tertiary/aromatic N) is 4. The highest BCUT2D eigenvalue weighted by Gasteiger charge is 2.33. The average Bonchev–Trinajstić information content (AvgIpc) is 3.19. The average molecular weight is 461 g/mol. The van der Waals surface area contributed by atoms with Crippen LogP contribution in [0.25, 0.3) is 0 Å². The Morgan fingerprint density at radius 2 is 1.79 bits per heavy atom. The molecule has 1 atom stereocenters. The maximum Gasteiger partial charge on any atom is 0.272 e. The summed E-state index contributed by atoms with van der Waals surface area (Å²) in [5.41, 5.74) is 3.31. The van der Waals surface area contributed by atoms with Crippen molar-refractivity contribution in [2.45, 2.75) is 45.6 Å². The smallest absolute Gasteiger partial charge is 0.272 e. The van der Waals surface area contributed by atoms with Crippen molar-refractivity contribution in [3.8, 4) is 0 Å². The summed E-state index contributed by atoms with van der Waals surface area (Å²) in [6, 6.07) is 15.7. The SMILES string of the molecule is Cc1noc(C)c1CC(=O)N1CCC([C@@H](Cc2ccccc2)N(C)C(=O)c2ccccn2)CC1. The van der Waals surface area contributed by atoms with Gasteiger partial charge < -0.3 is 14.3 Å². The van der Waals surface area contributed by atoms with Crippen LogP contribution >= 0.6 is 0 Å². The molecule has 34 heavy (non-hydrogen) atoms. The van der Waals surface area contributed by atoms with Crippen LogP contribution in [0.3, 0.4) is 0 Å². The Morgan fingerprint density at radius 1 is 1.09 bits per heavy atom. The summed E-state index contributed by atoms with van der Waals surface area (Å²) in [6.45, 7) is 5.08. The molecule has 1 saturated heterocycles. The molecule has 0 unspecified atom stereocenters. The van der Waals surface area contributed by atoms with Gasteiger partial charge in [0.1, 0.15) is 11.5 Å². The third-order valence-electron chi connectivity index (χ3n) is 6.94. The summed E-state index contributed by atoms with van der Waals surface area (Å²) in [7, 11) is 1.87. The summed E-state index contributed by atoms with van der Waals surface area (Å²) in [4.78, 5) is 34.2. The molecule has 0 bridgehead atoms. The van der Waals surface area contributed by atoms with E-state index in [1.54, 1.807) is 12.3 Å². The minimum atomic E-state index is -0.0709. The Labute approximate surface area is 200 Å². The molecule has 2 aromatic heterocycles. The molecule has 0 N–H and O–H groups in total. The van der Waals surface area contributed by atoms with E-state index in [0.29, 0.717) is 36.9 Å². The van der Waals surface area contributed by atoms with E-state index in [1.807, 2.05) is 61.0 Å². The Kier molecular flexibility index (Phi) is 7.40. The Morgan fingerprint density at radius 3 is 2.41 bits per heavy atom. The van der Waals surface area contributed by atoms with Crippen molar-refractivity contribution in [3.63, 3.8) is 0 Å². The van der Waals surface area contributed by atoms with Crippen molar-refractivity contribution in [3.05, 3.63) is 83.0 Å². The van der Waals surface area contributed by atoms with Crippen LogP contribution in [0.5, 0.6) is 0 Å². The Hall–Kier alpha value is -3.48. The lowest BCUT2D eigenvalue weighted by Crippen LogP contribution is -2.48. The summed E-state index contributed by atoms with van der Waals surface area (Å²) < 4.78 is 5.21. The third kappa shape index (κ3) is 5.35. The van der Waals surface area contributed by atoms with Gasteiger partial charge in [-0.2, -0.15) is 0 Å². The first-order chi connectivity index (χ1) is 16.4. The molecule has 3 heterocycles. The molecule has 178 valence electrons. The second kappa shape index (κ2) is 10.6. The van der Waals surface area contributed by atoms with Gasteiger partial charge in [-0.25, -0.2) is 0 Å². The van der Waals surface area contributed by atoms with Gasteiger partial charge in [0.15, 0.2) is 0 Å². The molecular formula is C27H32N4O3. The number of carbonyl (C=O) groups excluding carboxylic acids is 2. The molecule has 1 aliphatic heterocycles. The van der Waals surface area contributed by atoms with Gasteiger partial charge in [0.05, 0.1) is 12.1 Å². The lowest BCUT2D eigenvalue weighted by Gasteiger charge is -2.40. The molecule has 0 saturated carbocycles. The number of carbonyl (C=O) groups is 2. The first kappa shape index (κ1) is 23.7. The van der Waals surface area contributed by atoms with Crippen LogP contribution in [-0.2, 0) is 17.6 Å². The van der Waals surface area contributed by atoms with E-state index in [4.69, 9.17) is 4.52 Å². The largest absolute Gasteiger partial charge is 0.361 e. The van der Waals surface area contributed by atoms with Crippen molar-refractivity contribution >= 4 is 11.8 Å². The fourth-order valence-electron chi connectivity index (χ4n) is 4.85. The highest BCUT2D eigenvalue weighted by Crippen LogP contribution is 2.28. The van der Waals surface area contributed by atoms with Crippen LogP contribution in [-0.4, -0.2) is 57.9 Å². The van der Waals surface area contributed by atoms with Crippen molar-refractivity contribution < 1.29 is 14.1 Å². The second-order valence-corrected chi connectivity index (χ2v) is 9.09. The molecule has 7 nitrogen and oxygen atoms in total. The van der Waals surface area contributed by atoms with Crippen molar-refractivity contribution in [2.75, 3.05) is 20.1 Å². The maximum atomic E-state index is 13.2. The van der Waals surface area contributed by atoms with Gasteiger partial charge in [-0.1, -0.05) is 41.6 Å². The second-order valence-electron chi connectivity index (χ2n) is 9.09. The third-order valence-corrected chi connectivity index (χ3v) is 6.94. The number of pyridine rings is 1. The van der Waals surface area contributed by atoms with Crippen LogP contribution in [0.1, 0.15) is 45.9 Å². The van der Waals surface area contributed by atoms with E-state index in [-0.39, 0.29) is 17.9 Å². The van der Waals surface area contributed by atoms with Crippen molar-refractivity contribution in [1.82, 2.24) is 19.9 Å². The van der Waals surface area contributed by atoms with Gasteiger partial charge in [0.25, 0.3) is 5.91 Å². The minimum Gasteiger partial charge on any atom is -0.361 e. The molecule has 0 aliphatic carbocycles. The number of amides is 2. The number of piperidine rings is 1. The first-order valence-electron chi connectivity index (χ1n) is 11.9. The lowest BCUT2D eigenvalue weighted by molar-refractivity contribution is -0.132. The Bertz CT molecular complexity index is 1090. The van der Waals surface area contributed by atoms with Gasteiger partial charge in [-0.15, -0.1) is 0 Å². The number of likely N-dealkylation sites (N-methyl/N-ethyl adjacent to an activating group) is 1. The Balaban J connectivity index is 1.45. The molecule has 2 amide bonds. The zero-order valence-corrected chi connectivity index (χ0v) is 20.1. The molecule has 1 aromatic carbocycles. The van der Waals surface area contributed by atoms with Gasteiger partial charge in [-0.05, 0) is 56.7 Å². The van der Waals surface area contributed by atoms with Crippen LogP contribution < -0.4 is 0 Å². The molecule has 3 aromatic rings. The number of aromatic nitrogens is 2. The summed E-state index contributed by atoms with van der Waals surface area (Å²) in [6.07, 6.45) is 4.44. The van der Waals surface area contributed by atoms with Crippen LogP contribution in [0.2, 0.25) is 0 Å². The van der Waals surface area contributed by atoms with E-state index in [0.717, 1.165) is 30.5 Å². The topological polar surface area (TPSA) is 79.5 Å². The van der Waals surface area contributed by atoms with E-state index in [1.165, 1.54) is 5.56 Å². The zero-order valence-electron chi connectivity index (χ0n) is 20.1. The summed E-state index contributed by atoms with van der Waals surface area (Å²) >= 11 is 0. The fourth-order valence-corrected chi connectivity index (χ4v) is 4.85. The number of likely N-dealkylation sites (tertiary alicyclic amines) is 1. The van der Waals surface area contributed by atoms with Crippen LogP contribution in [0.4, 0.5) is 0 Å². The molecule has 0 spiro atoms. The number of aryl methyl sites for hydroxylation is 2. The van der Waals surface area contributed by atoms with E-state index >= 15 is 0 Å². The molecule has 1 fully saturated rings. The predicted octanol–water partition coefficient (Wildman–Crippen LogP) is 3.85. The standard InChI is InChI=1S/C27H32N4O3/c1-19-23(20(2)34-29-19)18-26(32)31-15-12-22(13-16-31)25(17-21-9-5-4-6-10-21)30(3)27(33)24-11-7-8-14-28-24/h4-11,14,22,25H,12-13,15-18H2,1-3H3/t25-/m1/s1. The van der Waals surface area contributed by atoms with Crippen molar-refractivity contribution in [1.29, 1.82) is 0 Å². The highest BCUT2D eigenvalue weighted by atomic mass is 16.5. The molecule has 1 aliphatic rings. The normalized spacial score (nSPS) is 15.2. The van der Waals surface area contributed by atoms with Gasteiger partial charge in [0.2, 0.25) is 5.91 Å². The molecule has 0 radical (unpaired) electrons. The van der Waals surface area contributed by atoms with Gasteiger partial charge in [-0.3, -0.25) is 14.6 Å². The lowest BCUT2D eigenvalue weighted by atomic mass is 9.84. The van der Waals surface area contributed by atoms with E-state index < -0.39 is 0 Å². The monoisotopic (exact) mass is 460 g/mol. The maximum absolute atomic E-state index is 13.2. The van der Waals surface area contributed by atoms with Gasteiger partial charge in [0, 0.05) is 37.9 Å². The minimum absolute atomic E-state index is 0.0247. The fraction of sp³-hybridized carbons (Fsp3) is 0.407. The quantitative estimate of drug-likeness (QED) is 0.535. The van der Waals surface area contributed by atoms with Gasteiger partial charge >= 0.3 is 0 Å². The van der Waals surface area contributed by atoms with Crippen LogP contribution in [0, 0.1) is 19.8 Å². The van der Waals surface area contributed by atoms with Crippen molar-refractivity contribution in [2.24, 2.45) is 5.92 Å². The zero-order chi connectivity index (χ0) is 24.1. The first-order valence-corrected chi connectivity index (χ1v) is 11.9. The van der Waals surface area contributed by atoms with E-state index in [2.05, 4.69) is 22.3 Å². The summed E-state index contributed by atoms with van der Waals surface area (Å²) in [5.74, 6) is 1.03. The number of hydrogen-bond donors (Lipinski definition) is 0. The molecule has 4 rings (SSSR count). The predicted molar refractivity (Wildman–Crippen MR) is 129 cm³/mol. The molecular weight excluding hydrogens is 428 g/mol. The van der Waals surface area contributed by atoms with Crippen LogP contribution in [0.15, 0.2) is 59.3 Å². The highest BCUT2D eigenvalue weighted by molar-refractivity contribution is 5.92. The number of rotatable bonds is 7. The summed E-state index contributed by atoms with van der Waals surface area (Å²) in [5, 5.41) is 3.96. The number of hydrogen-bond acceptors (Lipinski definition) is 5.